The van der Waals surface area contributed by atoms with Gasteiger partial charge in [-0.2, -0.15) is 4.37 Å². The van der Waals surface area contributed by atoms with Gasteiger partial charge in [0, 0.05) is 60.3 Å². The van der Waals surface area contributed by atoms with Gasteiger partial charge in [-0.25, -0.2) is 9.37 Å². The van der Waals surface area contributed by atoms with E-state index in [2.05, 4.69) is 19.2 Å². The molecule has 3 heterocycles. The predicted octanol–water partition coefficient (Wildman–Crippen LogP) is 2.87. The SMILES string of the molecule is COCc1nsc(N2CCc3[nH]c4ccc(F)cc4c3C2)n1. The van der Waals surface area contributed by atoms with Crippen LogP contribution in [-0.4, -0.2) is 28.0 Å². The fourth-order valence-corrected chi connectivity index (χ4v) is 3.61. The Morgan fingerprint density at radius 2 is 2.36 bits per heavy atom. The molecule has 0 atom stereocenters. The molecule has 0 radical (unpaired) electrons. The zero-order valence-electron chi connectivity index (χ0n) is 12.1. The number of nitrogens with zero attached hydrogens (tertiary/aromatic N) is 3. The molecule has 1 aliphatic heterocycles. The van der Waals surface area contributed by atoms with Crippen molar-refractivity contribution >= 4 is 27.6 Å². The van der Waals surface area contributed by atoms with Crippen molar-refractivity contribution in [2.24, 2.45) is 0 Å². The molecule has 5 nitrogen and oxygen atoms in total. The van der Waals surface area contributed by atoms with Gasteiger partial charge < -0.3 is 14.6 Å². The second-order valence-electron chi connectivity index (χ2n) is 5.37. The molecular formula is C15H15FN4OS. The highest BCUT2D eigenvalue weighted by atomic mass is 32.1. The first-order valence-electron chi connectivity index (χ1n) is 7.10. The zero-order valence-corrected chi connectivity index (χ0v) is 12.9. The summed E-state index contributed by atoms with van der Waals surface area (Å²) in [5.41, 5.74) is 3.34. The second-order valence-corrected chi connectivity index (χ2v) is 6.10. The summed E-state index contributed by atoms with van der Waals surface area (Å²) >= 11 is 1.38. The average molecular weight is 318 g/mol. The van der Waals surface area contributed by atoms with Crippen molar-refractivity contribution < 1.29 is 9.13 Å². The lowest BCUT2D eigenvalue weighted by molar-refractivity contribution is 0.179. The number of aromatic nitrogens is 3. The van der Waals surface area contributed by atoms with Crippen LogP contribution < -0.4 is 4.90 Å². The third-order valence-electron chi connectivity index (χ3n) is 3.94. The fourth-order valence-electron chi connectivity index (χ4n) is 2.91. The van der Waals surface area contributed by atoms with Gasteiger partial charge in [-0.3, -0.25) is 0 Å². The highest BCUT2D eigenvalue weighted by Crippen LogP contribution is 2.31. The smallest absolute Gasteiger partial charge is 0.205 e. The number of rotatable bonds is 3. The number of halogens is 1. The molecule has 2 aromatic heterocycles. The maximum atomic E-state index is 13.5. The van der Waals surface area contributed by atoms with Gasteiger partial charge in [-0.1, -0.05) is 0 Å². The summed E-state index contributed by atoms with van der Waals surface area (Å²) < 4.78 is 22.9. The van der Waals surface area contributed by atoms with E-state index in [1.54, 1.807) is 19.2 Å². The third-order valence-corrected chi connectivity index (χ3v) is 4.75. The number of benzene rings is 1. The lowest BCUT2D eigenvalue weighted by Gasteiger charge is -2.26. The molecule has 0 amide bonds. The highest BCUT2D eigenvalue weighted by molar-refractivity contribution is 7.09. The van der Waals surface area contributed by atoms with Crippen LogP contribution >= 0.6 is 11.5 Å². The highest BCUT2D eigenvalue weighted by Gasteiger charge is 2.23. The van der Waals surface area contributed by atoms with Gasteiger partial charge in [-0.05, 0) is 18.2 Å². The summed E-state index contributed by atoms with van der Waals surface area (Å²) in [6, 6.07) is 4.89. The maximum absolute atomic E-state index is 13.5. The van der Waals surface area contributed by atoms with E-state index in [9.17, 15) is 4.39 Å². The number of methoxy groups -OCH3 is 1. The van der Waals surface area contributed by atoms with Crippen molar-refractivity contribution in [2.45, 2.75) is 19.6 Å². The van der Waals surface area contributed by atoms with Gasteiger partial charge in [0.1, 0.15) is 12.4 Å². The molecule has 0 bridgehead atoms. The lowest BCUT2D eigenvalue weighted by Crippen LogP contribution is -2.30. The summed E-state index contributed by atoms with van der Waals surface area (Å²) in [6.07, 6.45) is 0.894. The molecular weight excluding hydrogens is 303 g/mol. The first kappa shape index (κ1) is 13.7. The van der Waals surface area contributed by atoms with Crippen LogP contribution in [-0.2, 0) is 24.3 Å². The summed E-state index contributed by atoms with van der Waals surface area (Å²) in [5.74, 6) is 0.503. The standard InChI is InChI=1S/C15H15FN4OS/c1-21-8-14-18-15(22-19-14)20-5-4-13-11(7-20)10-6-9(16)2-3-12(10)17-13/h2-3,6,17H,4-5,7-8H2,1H3. The number of H-pyrrole nitrogens is 1. The van der Waals surface area contributed by atoms with Crippen molar-refractivity contribution in [3.8, 4) is 0 Å². The fraction of sp³-hybridized carbons (Fsp3) is 0.333. The number of aromatic amines is 1. The van der Waals surface area contributed by atoms with Crippen molar-refractivity contribution in [2.75, 3.05) is 18.6 Å². The van der Waals surface area contributed by atoms with Crippen molar-refractivity contribution in [1.82, 2.24) is 14.3 Å². The monoisotopic (exact) mass is 318 g/mol. The number of hydrogen-bond donors (Lipinski definition) is 1. The summed E-state index contributed by atoms with van der Waals surface area (Å²) in [7, 11) is 1.63. The van der Waals surface area contributed by atoms with Crippen LogP contribution in [0.5, 0.6) is 0 Å². The first-order chi connectivity index (χ1) is 10.7. The molecule has 22 heavy (non-hydrogen) atoms. The summed E-state index contributed by atoms with van der Waals surface area (Å²) in [4.78, 5) is 10.1. The van der Waals surface area contributed by atoms with Crippen LogP contribution in [0.4, 0.5) is 9.52 Å². The minimum Gasteiger partial charge on any atom is -0.377 e. The van der Waals surface area contributed by atoms with Crippen LogP contribution in [0, 0.1) is 5.82 Å². The molecule has 4 rings (SSSR count). The molecule has 3 aromatic rings. The van der Waals surface area contributed by atoms with Gasteiger partial charge >= 0.3 is 0 Å². The van der Waals surface area contributed by atoms with Crippen molar-refractivity contribution in [1.29, 1.82) is 0 Å². The quantitative estimate of drug-likeness (QED) is 0.807. The lowest BCUT2D eigenvalue weighted by atomic mass is 10.0. The third kappa shape index (κ3) is 2.26. The van der Waals surface area contributed by atoms with E-state index in [-0.39, 0.29) is 5.82 Å². The van der Waals surface area contributed by atoms with Gasteiger partial charge in [-0.15, -0.1) is 0 Å². The topological polar surface area (TPSA) is 54.0 Å². The van der Waals surface area contributed by atoms with E-state index < -0.39 is 0 Å². The number of anilines is 1. The molecule has 114 valence electrons. The molecule has 7 heteroatoms. The van der Waals surface area contributed by atoms with Crippen molar-refractivity contribution in [3.05, 3.63) is 41.1 Å². The van der Waals surface area contributed by atoms with Crippen LogP contribution in [0.15, 0.2) is 18.2 Å². The van der Waals surface area contributed by atoms with Crippen LogP contribution in [0.1, 0.15) is 17.1 Å². The van der Waals surface area contributed by atoms with E-state index in [0.29, 0.717) is 12.4 Å². The average Bonchev–Trinajstić information content (AvgIpc) is 3.11. The Morgan fingerprint density at radius 1 is 1.45 bits per heavy atom. The van der Waals surface area contributed by atoms with Gasteiger partial charge in [0.05, 0.1) is 0 Å². The minimum absolute atomic E-state index is 0.204. The van der Waals surface area contributed by atoms with Gasteiger partial charge in [0.25, 0.3) is 0 Å². The minimum atomic E-state index is -0.204. The largest absolute Gasteiger partial charge is 0.377 e. The molecule has 0 saturated heterocycles. The molecule has 0 spiro atoms. The summed E-state index contributed by atoms with van der Waals surface area (Å²) in [6.45, 7) is 2.03. The molecule has 1 aromatic carbocycles. The predicted molar refractivity (Wildman–Crippen MR) is 83.6 cm³/mol. The Balaban J connectivity index is 1.67. The van der Waals surface area contributed by atoms with E-state index in [1.807, 2.05) is 0 Å². The molecule has 1 N–H and O–H groups in total. The molecule has 1 aliphatic rings. The Labute approximate surface area is 130 Å². The zero-order chi connectivity index (χ0) is 15.1. The molecule has 0 aliphatic carbocycles. The van der Waals surface area contributed by atoms with Crippen LogP contribution in [0.3, 0.4) is 0 Å². The Kier molecular flexibility index (Phi) is 3.31. The van der Waals surface area contributed by atoms with Crippen LogP contribution in [0.2, 0.25) is 0 Å². The van der Waals surface area contributed by atoms with Gasteiger partial charge in [0.2, 0.25) is 5.13 Å². The normalized spacial score (nSPS) is 14.5. The Morgan fingerprint density at radius 3 is 3.23 bits per heavy atom. The van der Waals surface area contributed by atoms with E-state index in [1.165, 1.54) is 23.3 Å². The van der Waals surface area contributed by atoms with Crippen LogP contribution in [0.25, 0.3) is 10.9 Å². The molecule has 0 saturated carbocycles. The maximum Gasteiger partial charge on any atom is 0.205 e. The second kappa shape index (κ2) is 5.33. The van der Waals surface area contributed by atoms with E-state index in [4.69, 9.17) is 4.74 Å². The number of nitrogens with one attached hydrogen (secondary N) is 1. The molecule has 0 fully saturated rings. The van der Waals surface area contributed by atoms with E-state index >= 15 is 0 Å². The Bertz CT molecular complexity index is 828. The van der Waals surface area contributed by atoms with Gasteiger partial charge in [0.15, 0.2) is 5.82 Å². The molecule has 0 unspecified atom stereocenters. The van der Waals surface area contributed by atoms with E-state index in [0.717, 1.165) is 41.1 Å². The number of fused-ring (bicyclic) bond motifs is 3. The van der Waals surface area contributed by atoms with Crippen molar-refractivity contribution in [3.63, 3.8) is 0 Å². The Hall–Kier alpha value is -1.99. The first-order valence-corrected chi connectivity index (χ1v) is 7.87. The number of ether oxygens (including phenoxy) is 1. The number of hydrogen-bond acceptors (Lipinski definition) is 5. The summed E-state index contributed by atoms with van der Waals surface area (Å²) in [5, 5.41) is 1.85.